The van der Waals surface area contributed by atoms with Gasteiger partial charge in [0, 0.05) is 43.3 Å². The topological polar surface area (TPSA) is 141 Å². The van der Waals surface area contributed by atoms with Crippen LogP contribution in [0.5, 0.6) is 0 Å². The zero-order valence-electron chi connectivity index (χ0n) is 40.4. The molecule has 8 aromatic rings. The van der Waals surface area contributed by atoms with Crippen LogP contribution >= 0.6 is 85.0 Å². The number of thiazole rings is 2. The number of aromatic nitrogens is 4. The Kier molecular flexibility index (Phi) is 13.5. The van der Waals surface area contributed by atoms with Crippen LogP contribution in [-0.2, 0) is 33.9 Å². The quantitative estimate of drug-likeness (QED) is 0.114. The number of hydrogen-bond donors (Lipinski definition) is 2. The van der Waals surface area contributed by atoms with E-state index in [9.17, 15) is 10.2 Å². The first kappa shape index (κ1) is 50.5. The van der Waals surface area contributed by atoms with Gasteiger partial charge in [0.2, 0.25) is 0 Å². The highest BCUT2D eigenvalue weighted by molar-refractivity contribution is 9.10. The summed E-state index contributed by atoms with van der Waals surface area (Å²) >= 11 is 32.8. The number of halogens is 5. The lowest BCUT2D eigenvalue weighted by Crippen LogP contribution is -2.44. The van der Waals surface area contributed by atoms with E-state index in [0.717, 1.165) is 135 Å². The van der Waals surface area contributed by atoms with E-state index >= 15 is 0 Å². The van der Waals surface area contributed by atoms with Crippen LogP contribution in [0, 0.1) is 30.2 Å². The van der Waals surface area contributed by atoms with Crippen molar-refractivity contribution >= 4 is 111 Å². The molecule has 14 rings (SSSR count). The van der Waals surface area contributed by atoms with Crippen LogP contribution in [-0.4, -0.2) is 42.7 Å². The summed E-state index contributed by atoms with van der Waals surface area (Å²) in [5, 5.41) is 36.5. The summed E-state index contributed by atoms with van der Waals surface area (Å²) in [5.74, 6) is 2.93. The molecule has 2 N–H and O–H groups in total. The summed E-state index contributed by atoms with van der Waals surface area (Å²) in [6, 6.07) is 22.5. The Morgan fingerprint density at radius 2 is 1.01 bits per heavy atom. The molecule has 0 saturated heterocycles. The van der Waals surface area contributed by atoms with Crippen molar-refractivity contribution in [3.05, 3.63) is 141 Å². The van der Waals surface area contributed by atoms with Crippen LogP contribution in [0.4, 0.5) is 5.69 Å². The van der Waals surface area contributed by atoms with Gasteiger partial charge >= 0.3 is 0 Å². The van der Waals surface area contributed by atoms with Gasteiger partial charge in [0.15, 0.2) is 5.69 Å². The summed E-state index contributed by atoms with van der Waals surface area (Å²) in [6.45, 7) is 8.06. The molecule has 0 amide bonds. The van der Waals surface area contributed by atoms with Crippen LogP contribution in [0.2, 0.25) is 20.1 Å². The fourth-order valence-electron chi connectivity index (χ4n) is 12.7. The van der Waals surface area contributed by atoms with Gasteiger partial charge in [-0.3, -0.25) is 0 Å². The largest absolute Gasteiger partial charge is 0.382 e. The molecule has 4 unspecified atom stereocenters. The van der Waals surface area contributed by atoms with E-state index < -0.39 is 11.2 Å². The molecule has 6 fully saturated rings. The smallest absolute Gasteiger partial charge is 0.188 e. The molecule has 8 atom stereocenters. The Morgan fingerprint density at radius 1 is 0.600 bits per heavy atom. The highest BCUT2D eigenvalue weighted by Gasteiger charge is 2.58. The van der Waals surface area contributed by atoms with Crippen LogP contribution < -0.4 is 0 Å². The van der Waals surface area contributed by atoms with Crippen LogP contribution in [0.25, 0.3) is 47.8 Å². The van der Waals surface area contributed by atoms with Gasteiger partial charge in [-0.2, -0.15) is 0 Å². The molecule has 75 heavy (non-hydrogen) atoms. The number of aliphatic hydroxyl groups is 2. The van der Waals surface area contributed by atoms with Crippen LogP contribution in [0.1, 0.15) is 122 Å². The van der Waals surface area contributed by atoms with Crippen molar-refractivity contribution < 1.29 is 28.7 Å². The van der Waals surface area contributed by atoms with Crippen molar-refractivity contribution in [2.75, 3.05) is 0 Å². The molecular formula is C57H50BrCl4N5O6S2. The molecule has 386 valence electrons. The highest BCUT2D eigenvalue weighted by atomic mass is 79.9. The molecule has 4 aromatic heterocycles. The standard InChI is InChI=1S/C29H25Cl2N3O3S.C28H25BrCl2N2O3S/c1-32-18-9-10-23-24(13-18)38-28(33-23)29(35)16-7-8-17(29)12-19(11-16)36-14-20-26(34-37-27(20)15-5-6-15)25-21(30)3-2-4-22(25)31;29-17-8-9-22-23(12-17)37-27(32-22)28(34)15-6-7-16(28)11-18(10-15)35-13-19-25(33-36-26(19)14-4-5-14)24-20(30)2-1-3-21(24)31/h2-4,9-10,13,15-17,19,35H,5-8,11-12,14H2;1-3,8-9,12,14-16,18,34H,4-7,10-11,13H2/t16-,17+,19?,29?;15-,16+,18?,28?. The van der Waals surface area contributed by atoms with Gasteiger partial charge in [0.1, 0.15) is 44.1 Å². The minimum atomic E-state index is -0.950. The van der Waals surface area contributed by atoms with Crippen molar-refractivity contribution in [3.63, 3.8) is 0 Å². The van der Waals surface area contributed by atoms with E-state index in [1.54, 1.807) is 17.4 Å². The Balaban J connectivity index is 0.000000144. The molecule has 6 saturated carbocycles. The lowest BCUT2D eigenvalue weighted by atomic mass is 9.73. The molecule has 4 bridgehead atoms. The molecule has 4 aromatic carbocycles. The van der Waals surface area contributed by atoms with Crippen molar-refractivity contribution in [2.45, 2.75) is 126 Å². The number of fused-ring (bicyclic) bond motifs is 6. The Labute approximate surface area is 469 Å². The Morgan fingerprint density at radius 3 is 1.43 bits per heavy atom. The predicted octanol–water partition coefficient (Wildman–Crippen LogP) is 16.8. The fraction of sp³-hybridized carbons (Fsp3) is 0.421. The number of benzene rings is 4. The van der Waals surface area contributed by atoms with Gasteiger partial charge < -0.3 is 28.7 Å². The summed E-state index contributed by atoms with van der Waals surface area (Å²) in [7, 11) is 0. The molecule has 4 heterocycles. The minimum absolute atomic E-state index is 0.0207. The van der Waals surface area contributed by atoms with Crippen molar-refractivity contribution in [1.82, 2.24) is 20.3 Å². The summed E-state index contributed by atoms with van der Waals surface area (Å²) in [5.41, 5.74) is 5.13. The van der Waals surface area contributed by atoms with Crippen LogP contribution in [0.3, 0.4) is 0 Å². The van der Waals surface area contributed by atoms with Crippen LogP contribution in [0.15, 0.2) is 86.3 Å². The second-order valence-corrected chi connectivity index (χ2v) is 25.9. The van der Waals surface area contributed by atoms with E-state index in [1.165, 1.54) is 11.3 Å². The van der Waals surface area contributed by atoms with Gasteiger partial charge in [-0.15, -0.1) is 22.7 Å². The first-order valence-electron chi connectivity index (χ1n) is 25.8. The van der Waals surface area contributed by atoms with Gasteiger partial charge in [-0.1, -0.05) is 90.8 Å². The molecule has 6 aliphatic carbocycles. The summed E-state index contributed by atoms with van der Waals surface area (Å²) in [4.78, 5) is 13.2. The number of nitrogens with zero attached hydrogens (tertiary/aromatic N) is 5. The molecule has 0 spiro atoms. The van der Waals surface area contributed by atoms with Crippen molar-refractivity contribution in [2.24, 2.45) is 23.7 Å². The zero-order valence-corrected chi connectivity index (χ0v) is 46.7. The van der Waals surface area contributed by atoms with E-state index in [4.69, 9.17) is 81.5 Å². The SMILES string of the molecule is OC1(c2nc3ccc(Br)cc3s2)[C@@H]2CC[C@H]1CC(OCc1c(-c3c(Cl)cccc3Cl)noc1C1CC1)C2.[C-]#[N+]c1ccc2nc(C3(O)[C@@H]4CC[C@H]3CC(OCc3c(-c5c(Cl)cccc5Cl)noc3C3CC3)C4)sc2c1. The number of hydrogen-bond acceptors (Lipinski definition) is 12. The van der Waals surface area contributed by atoms with Gasteiger partial charge in [-0.25, -0.2) is 14.8 Å². The predicted molar refractivity (Wildman–Crippen MR) is 297 cm³/mol. The third-order valence-corrected chi connectivity index (χ3v) is 20.9. The van der Waals surface area contributed by atoms with Gasteiger partial charge in [0.05, 0.1) is 67.8 Å². The Hall–Kier alpha value is -3.95. The fourth-order valence-corrected chi connectivity index (χ4v) is 16.9. The molecule has 18 heteroatoms. The molecule has 0 radical (unpaired) electrons. The monoisotopic (exact) mass is 1180 g/mol. The molecule has 6 aliphatic rings. The second kappa shape index (κ2) is 20.1. The van der Waals surface area contributed by atoms with E-state index in [1.807, 2.05) is 60.7 Å². The third kappa shape index (κ3) is 9.17. The first-order valence-corrected chi connectivity index (χ1v) is 29.7. The van der Waals surface area contributed by atoms with E-state index in [-0.39, 0.29) is 35.9 Å². The molecule has 0 aliphatic heterocycles. The number of rotatable bonds is 12. The maximum absolute atomic E-state index is 12.0. The number of ether oxygens (including phenoxy) is 2. The summed E-state index contributed by atoms with van der Waals surface area (Å²) in [6.07, 6.45) is 11.4. The average Bonchev–Trinajstić information content (AvgIpc) is 4.22. The summed E-state index contributed by atoms with van der Waals surface area (Å²) < 4.78 is 27.8. The third-order valence-electron chi connectivity index (χ3n) is 16.8. The van der Waals surface area contributed by atoms with Gasteiger partial charge in [0.25, 0.3) is 0 Å². The van der Waals surface area contributed by atoms with Crippen molar-refractivity contribution in [1.29, 1.82) is 0 Å². The van der Waals surface area contributed by atoms with Crippen molar-refractivity contribution in [3.8, 4) is 22.5 Å². The average molecular weight is 1190 g/mol. The first-order chi connectivity index (χ1) is 36.4. The molecule has 11 nitrogen and oxygen atoms in total. The lowest BCUT2D eigenvalue weighted by Gasteiger charge is -2.41. The van der Waals surface area contributed by atoms with E-state index in [0.29, 0.717) is 73.3 Å². The second-order valence-electron chi connectivity index (χ2n) is 21.3. The zero-order chi connectivity index (χ0) is 51.3. The minimum Gasteiger partial charge on any atom is -0.382 e. The maximum Gasteiger partial charge on any atom is 0.188 e. The van der Waals surface area contributed by atoms with Gasteiger partial charge in [-0.05, 0) is 155 Å². The Bertz CT molecular complexity index is 3480. The van der Waals surface area contributed by atoms with E-state index in [2.05, 4.69) is 37.2 Å². The molecular weight excluding hydrogens is 1140 g/mol. The lowest BCUT2D eigenvalue weighted by molar-refractivity contribution is -0.116. The maximum atomic E-state index is 12.0. The highest BCUT2D eigenvalue weighted by Crippen LogP contribution is 2.59. The normalized spacial score (nSPS) is 27.0.